The highest BCUT2D eigenvalue weighted by Crippen LogP contribution is 2.26. The summed E-state index contributed by atoms with van der Waals surface area (Å²) in [5.41, 5.74) is 1.17. The van der Waals surface area contributed by atoms with Gasteiger partial charge in [0.1, 0.15) is 0 Å². The normalized spacial score (nSPS) is 19.5. The Labute approximate surface area is 144 Å². The van der Waals surface area contributed by atoms with Crippen LogP contribution in [-0.2, 0) is 16.0 Å². The van der Waals surface area contributed by atoms with Gasteiger partial charge in [0.2, 0.25) is 11.8 Å². The molecule has 2 fully saturated rings. The fourth-order valence-corrected chi connectivity index (χ4v) is 3.28. The van der Waals surface area contributed by atoms with Crippen molar-refractivity contribution in [2.24, 2.45) is 5.92 Å². The zero-order valence-electron chi connectivity index (χ0n) is 14.6. The average Bonchev–Trinajstić information content (AvgIpc) is 2.46. The molecule has 3 rings (SSSR count). The third-order valence-corrected chi connectivity index (χ3v) is 5.20. The van der Waals surface area contributed by atoms with Gasteiger partial charge in [0.15, 0.2) is 0 Å². The molecular weight excluding hydrogens is 302 g/mol. The monoisotopic (exact) mass is 329 g/mol. The Hall–Kier alpha value is -1.88. The molecule has 5 heteroatoms. The molecule has 2 aliphatic rings. The van der Waals surface area contributed by atoms with Crippen molar-refractivity contribution in [3.8, 4) is 0 Å². The summed E-state index contributed by atoms with van der Waals surface area (Å²) in [6, 6.07) is 10.1. The summed E-state index contributed by atoms with van der Waals surface area (Å²) in [5.74, 6) is 0.534. The van der Waals surface area contributed by atoms with Crippen LogP contribution in [0.2, 0.25) is 0 Å². The number of carbonyl (C=O) groups excluding carboxylic acids is 2. The third-order valence-electron chi connectivity index (χ3n) is 5.20. The number of amides is 2. The van der Waals surface area contributed by atoms with Gasteiger partial charge in [0.25, 0.3) is 0 Å². The topological polar surface area (TPSA) is 52.7 Å². The Morgan fingerprint density at radius 2 is 1.88 bits per heavy atom. The van der Waals surface area contributed by atoms with Crippen LogP contribution in [0.5, 0.6) is 0 Å². The second kappa shape index (κ2) is 7.34. The van der Waals surface area contributed by atoms with E-state index in [2.05, 4.69) is 17.4 Å². The summed E-state index contributed by atoms with van der Waals surface area (Å²) in [7, 11) is 3.89. The van der Waals surface area contributed by atoms with Crippen LogP contribution >= 0.6 is 0 Å². The molecule has 0 radical (unpaired) electrons. The second-order valence-electron chi connectivity index (χ2n) is 7.25. The van der Waals surface area contributed by atoms with E-state index in [1.807, 2.05) is 42.1 Å². The molecule has 0 bridgehead atoms. The molecule has 1 unspecified atom stereocenters. The van der Waals surface area contributed by atoms with Gasteiger partial charge in [-0.1, -0.05) is 36.8 Å². The SMILES string of the molecule is CN(C)C(Cc1ccccc1)C(=O)N1CC(NC(=O)C2CCC2)C1. The Kier molecular flexibility index (Phi) is 5.19. The van der Waals surface area contributed by atoms with Crippen LogP contribution in [-0.4, -0.2) is 60.9 Å². The number of carbonyl (C=O) groups is 2. The highest BCUT2D eigenvalue weighted by atomic mass is 16.2. The molecule has 1 aliphatic carbocycles. The maximum absolute atomic E-state index is 12.8. The minimum atomic E-state index is -0.157. The van der Waals surface area contributed by atoms with Crippen LogP contribution in [0.3, 0.4) is 0 Å². The molecule has 1 aromatic carbocycles. The van der Waals surface area contributed by atoms with E-state index in [4.69, 9.17) is 0 Å². The second-order valence-corrected chi connectivity index (χ2v) is 7.25. The minimum absolute atomic E-state index is 0.126. The zero-order chi connectivity index (χ0) is 17.1. The first-order chi connectivity index (χ1) is 11.5. The van der Waals surface area contributed by atoms with Crippen molar-refractivity contribution in [3.63, 3.8) is 0 Å². The van der Waals surface area contributed by atoms with Gasteiger partial charge < -0.3 is 10.2 Å². The molecule has 1 atom stereocenters. The van der Waals surface area contributed by atoms with Gasteiger partial charge in [-0.25, -0.2) is 0 Å². The maximum atomic E-state index is 12.8. The van der Waals surface area contributed by atoms with Crippen LogP contribution in [0.4, 0.5) is 0 Å². The summed E-state index contributed by atoms with van der Waals surface area (Å²) in [5, 5.41) is 3.07. The van der Waals surface area contributed by atoms with E-state index in [0.29, 0.717) is 19.5 Å². The molecule has 1 heterocycles. The number of likely N-dealkylation sites (tertiary alicyclic amines) is 1. The summed E-state index contributed by atoms with van der Waals surface area (Å²) < 4.78 is 0. The van der Waals surface area contributed by atoms with Crippen molar-refractivity contribution < 1.29 is 9.59 Å². The van der Waals surface area contributed by atoms with Crippen LogP contribution < -0.4 is 5.32 Å². The highest BCUT2D eigenvalue weighted by molar-refractivity contribution is 5.84. The fourth-order valence-electron chi connectivity index (χ4n) is 3.28. The molecule has 5 nitrogen and oxygen atoms in total. The number of hydrogen-bond donors (Lipinski definition) is 1. The molecule has 130 valence electrons. The van der Waals surface area contributed by atoms with Crippen molar-refractivity contribution in [1.82, 2.24) is 15.1 Å². The molecule has 1 aliphatic heterocycles. The van der Waals surface area contributed by atoms with Crippen LogP contribution in [0.25, 0.3) is 0 Å². The third kappa shape index (κ3) is 3.78. The molecule has 1 saturated heterocycles. The lowest BCUT2D eigenvalue weighted by molar-refractivity contribution is -0.143. The van der Waals surface area contributed by atoms with Crippen molar-refractivity contribution in [3.05, 3.63) is 35.9 Å². The van der Waals surface area contributed by atoms with Crippen LogP contribution in [0, 0.1) is 5.92 Å². The lowest BCUT2D eigenvalue weighted by Gasteiger charge is -2.43. The number of nitrogens with zero attached hydrogens (tertiary/aromatic N) is 2. The number of rotatable bonds is 6. The number of likely N-dealkylation sites (N-methyl/N-ethyl adjacent to an activating group) is 1. The quantitative estimate of drug-likeness (QED) is 0.855. The first-order valence-corrected chi connectivity index (χ1v) is 8.84. The van der Waals surface area contributed by atoms with Gasteiger partial charge in [-0.05, 0) is 38.9 Å². The average molecular weight is 329 g/mol. The summed E-state index contributed by atoms with van der Waals surface area (Å²) >= 11 is 0. The number of nitrogens with one attached hydrogen (secondary N) is 1. The first-order valence-electron chi connectivity index (χ1n) is 8.84. The number of benzene rings is 1. The molecule has 1 aromatic rings. The zero-order valence-corrected chi connectivity index (χ0v) is 14.6. The van der Waals surface area contributed by atoms with Crippen molar-refractivity contribution in [1.29, 1.82) is 0 Å². The van der Waals surface area contributed by atoms with Gasteiger partial charge in [0.05, 0.1) is 12.1 Å². The summed E-state index contributed by atoms with van der Waals surface area (Å²) in [6.45, 7) is 1.27. The largest absolute Gasteiger partial charge is 0.350 e. The number of hydrogen-bond acceptors (Lipinski definition) is 3. The van der Waals surface area contributed by atoms with Gasteiger partial charge >= 0.3 is 0 Å². The van der Waals surface area contributed by atoms with Gasteiger partial charge in [-0.3, -0.25) is 14.5 Å². The van der Waals surface area contributed by atoms with E-state index < -0.39 is 0 Å². The Balaban J connectivity index is 1.50. The molecule has 1 N–H and O–H groups in total. The molecular formula is C19H27N3O2. The van der Waals surface area contributed by atoms with Crippen LogP contribution in [0.1, 0.15) is 24.8 Å². The lowest BCUT2D eigenvalue weighted by Crippen LogP contribution is -2.64. The van der Waals surface area contributed by atoms with E-state index >= 15 is 0 Å². The standard InChI is InChI=1S/C19H27N3O2/c1-21(2)17(11-14-7-4-3-5-8-14)19(24)22-12-16(13-22)20-18(23)15-9-6-10-15/h3-5,7-8,15-17H,6,9-13H2,1-2H3,(H,20,23). The maximum Gasteiger partial charge on any atom is 0.240 e. The first kappa shape index (κ1) is 17.0. The minimum Gasteiger partial charge on any atom is -0.350 e. The lowest BCUT2D eigenvalue weighted by atomic mass is 9.84. The molecule has 2 amide bonds. The van der Waals surface area contributed by atoms with Gasteiger partial charge in [-0.2, -0.15) is 0 Å². The fraction of sp³-hybridized carbons (Fsp3) is 0.579. The molecule has 1 saturated carbocycles. The smallest absolute Gasteiger partial charge is 0.240 e. The molecule has 0 aromatic heterocycles. The highest BCUT2D eigenvalue weighted by Gasteiger charge is 2.37. The van der Waals surface area contributed by atoms with Gasteiger partial charge in [0, 0.05) is 19.0 Å². The van der Waals surface area contributed by atoms with Crippen LogP contribution in [0.15, 0.2) is 30.3 Å². The predicted molar refractivity (Wildman–Crippen MR) is 93.5 cm³/mol. The van der Waals surface area contributed by atoms with Crippen molar-refractivity contribution in [2.45, 2.75) is 37.8 Å². The summed E-state index contributed by atoms with van der Waals surface area (Å²) in [6.07, 6.45) is 3.90. The Morgan fingerprint density at radius 3 is 2.42 bits per heavy atom. The van der Waals surface area contributed by atoms with E-state index in [9.17, 15) is 9.59 Å². The Morgan fingerprint density at radius 1 is 1.21 bits per heavy atom. The molecule has 24 heavy (non-hydrogen) atoms. The predicted octanol–water partition coefficient (Wildman–Crippen LogP) is 1.29. The summed E-state index contributed by atoms with van der Waals surface area (Å²) in [4.78, 5) is 28.6. The van der Waals surface area contributed by atoms with Gasteiger partial charge in [-0.15, -0.1) is 0 Å². The molecule has 0 spiro atoms. The van der Waals surface area contributed by atoms with E-state index in [1.54, 1.807) is 0 Å². The van der Waals surface area contributed by atoms with E-state index in [1.165, 1.54) is 5.56 Å². The van der Waals surface area contributed by atoms with E-state index in [-0.39, 0.29) is 29.8 Å². The van der Waals surface area contributed by atoms with Crippen molar-refractivity contribution in [2.75, 3.05) is 27.2 Å². The Bertz CT molecular complexity index is 578. The van der Waals surface area contributed by atoms with E-state index in [0.717, 1.165) is 19.3 Å². The van der Waals surface area contributed by atoms with Crippen molar-refractivity contribution >= 4 is 11.8 Å².